The van der Waals surface area contributed by atoms with Crippen LogP contribution in [0.15, 0.2) is 36.4 Å². The Hall–Kier alpha value is -2.04. The topological polar surface area (TPSA) is 55.4 Å². The summed E-state index contributed by atoms with van der Waals surface area (Å²) >= 11 is 11.8. The number of rotatable bonds is 4. The quantitative estimate of drug-likeness (QED) is 0.810. The Morgan fingerprint density at radius 1 is 1.13 bits per heavy atom. The van der Waals surface area contributed by atoms with Gasteiger partial charge in [-0.05, 0) is 55.8 Å². The van der Waals surface area contributed by atoms with Gasteiger partial charge in [-0.25, -0.2) is 4.79 Å². The molecule has 1 amide bonds. The van der Waals surface area contributed by atoms with Gasteiger partial charge in [0.2, 0.25) is 0 Å². The lowest BCUT2D eigenvalue weighted by molar-refractivity contribution is 0.0526. The van der Waals surface area contributed by atoms with Crippen LogP contribution in [0.5, 0.6) is 0 Å². The molecule has 23 heavy (non-hydrogen) atoms. The largest absolute Gasteiger partial charge is 0.462 e. The fraction of sp³-hybridized carbons (Fsp3) is 0.176. The SMILES string of the molecule is CCOC(=O)c1ccc(NC(=O)c2ccc(Cl)cc2Cl)c(C)c1. The monoisotopic (exact) mass is 351 g/mol. The van der Waals surface area contributed by atoms with Crippen LogP contribution in [-0.2, 0) is 4.74 Å². The summed E-state index contributed by atoms with van der Waals surface area (Å²) in [6.45, 7) is 3.85. The summed E-state index contributed by atoms with van der Waals surface area (Å²) < 4.78 is 4.94. The number of hydrogen-bond acceptors (Lipinski definition) is 3. The molecule has 1 N–H and O–H groups in total. The van der Waals surface area contributed by atoms with E-state index in [0.29, 0.717) is 28.4 Å². The zero-order valence-corrected chi connectivity index (χ0v) is 14.2. The zero-order valence-electron chi connectivity index (χ0n) is 12.7. The number of anilines is 1. The number of amides is 1. The van der Waals surface area contributed by atoms with Crippen LogP contribution in [0.2, 0.25) is 10.0 Å². The lowest BCUT2D eigenvalue weighted by Gasteiger charge is -2.11. The molecule has 4 nitrogen and oxygen atoms in total. The molecule has 0 fully saturated rings. The highest BCUT2D eigenvalue weighted by Gasteiger charge is 2.13. The van der Waals surface area contributed by atoms with Crippen LogP contribution in [0.3, 0.4) is 0 Å². The van der Waals surface area contributed by atoms with Gasteiger partial charge in [0.15, 0.2) is 0 Å². The molecule has 0 heterocycles. The fourth-order valence-electron chi connectivity index (χ4n) is 2.01. The molecule has 0 saturated heterocycles. The first-order valence-corrected chi connectivity index (χ1v) is 7.72. The number of ether oxygens (including phenoxy) is 1. The Morgan fingerprint density at radius 2 is 1.87 bits per heavy atom. The summed E-state index contributed by atoms with van der Waals surface area (Å²) in [5, 5.41) is 3.50. The minimum atomic E-state index is -0.394. The fourth-order valence-corrected chi connectivity index (χ4v) is 2.50. The molecule has 0 aromatic heterocycles. The molecule has 6 heteroatoms. The molecule has 0 saturated carbocycles. The Kier molecular flexibility index (Phi) is 5.64. The smallest absolute Gasteiger partial charge is 0.338 e. The number of benzene rings is 2. The highest BCUT2D eigenvalue weighted by Crippen LogP contribution is 2.23. The maximum absolute atomic E-state index is 12.3. The Balaban J connectivity index is 2.20. The minimum Gasteiger partial charge on any atom is -0.462 e. The van der Waals surface area contributed by atoms with Crippen LogP contribution in [0.1, 0.15) is 33.2 Å². The normalized spacial score (nSPS) is 10.3. The number of carbonyl (C=O) groups excluding carboxylic acids is 2. The second-order valence-electron chi connectivity index (χ2n) is 4.83. The van der Waals surface area contributed by atoms with Crippen molar-refractivity contribution in [1.29, 1.82) is 0 Å². The minimum absolute atomic E-state index is 0.274. The molecule has 0 aliphatic carbocycles. The third-order valence-corrected chi connectivity index (χ3v) is 3.71. The average Bonchev–Trinajstić information content (AvgIpc) is 2.49. The Bertz CT molecular complexity index is 759. The summed E-state index contributed by atoms with van der Waals surface area (Å²) in [6, 6.07) is 9.58. The number of halogens is 2. The van der Waals surface area contributed by atoms with Gasteiger partial charge in [0, 0.05) is 10.7 Å². The summed E-state index contributed by atoms with van der Waals surface area (Å²) in [7, 11) is 0. The van der Waals surface area contributed by atoms with Crippen molar-refractivity contribution in [2.24, 2.45) is 0 Å². The van der Waals surface area contributed by atoms with E-state index in [9.17, 15) is 9.59 Å². The van der Waals surface area contributed by atoms with Crippen LogP contribution in [0, 0.1) is 6.92 Å². The summed E-state index contributed by atoms with van der Waals surface area (Å²) in [5.74, 6) is -0.743. The van der Waals surface area contributed by atoms with Crippen molar-refractivity contribution < 1.29 is 14.3 Å². The molecule has 2 aromatic rings. The van der Waals surface area contributed by atoms with Gasteiger partial charge >= 0.3 is 5.97 Å². The molecule has 0 bridgehead atoms. The molecule has 0 aliphatic rings. The van der Waals surface area contributed by atoms with Gasteiger partial charge in [-0.1, -0.05) is 23.2 Å². The molecule has 2 rings (SSSR count). The van der Waals surface area contributed by atoms with Crippen molar-refractivity contribution in [3.8, 4) is 0 Å². The zero-order chi connectivity index (χ0) is 17.0. The number of carbonyl (C=O) groups is 2. The maximum Gasteiger partial charge on any atom is 0.338 e. The van der Waals surface area contributed by atoms with E-state index in [1.165, 1.54) is 6.07 Å². The van der Waals surface area contributed by atoms with Crippen LogP contribution in [-0.4, -0.2) is 18.5 Å². The highest BCUT2D eigenvalue weighted by atomic mass is 35.5. The van der Waals surface area contributed by atoms with E-state index in [-0.39, 0.29) is 10.9 Å². The number of nitrogens with one attached hydrogen (secondary N) is 1. The lowest BCUT2D eigenvalue weighted by Crippen LogP contribution is -2.14. The third kappa shape index (κ3) is 4.24. The molecule has 0 atom stereocenters. The summed E-state index contributed by atoms with van der Waals surface area (Å²) in [6.07, 6.45) is 0. The van der Waals surface area contributed by atoms with Crippen molar-refractivity contribution in [2.45, 2.75) is 13.8 Å². The molecule has 0 spiro atoms. The third-order valence-electron chi connectivity index (χ3n) is 3.16. The van der Waals surface area contributed by atoms with E-state index >= 15 is 0 Å². The second-order valence-corrected chi connectivity index (χ2v) is 5.67. The van der Waals surface area contributed by atoms with Crippen LogP contribution in [0.25, 0.3) is 0 Å². The first-order valence-electron chi connectivity index (χ1n) is 6.96. The van der Waals surface area contributed by atoms with E-state index in [0.717, 1.165) is 5.56 Å². The van der Waals surface area contributed by atoms with E-state index in [2.05, 4.69) is 5.32 Å². The highest BCUT2D eigenvalue weighted by molar-refractivity contribution is 6.37. The first-order chi connectivity index (χ1) is 10.9. The van der Waals surface area contributed by atoms with Crippen LogP contribution >= 0.6 is 23.2 Å². The first kappa shape index (κ1) is 17.3. The van der Waals surface area contributed by atoms with Crippen LogP contribution in [0.4, 0.5) is 5.69 Å². The Morgan fingerprint density at radius 3 is 2.48 bits per heavy atom. The van der Waals surface area contributed by atoms with Crippen molar-refractivity contribution >= 4 is 40.8 Å². The molecule has 0 aliphatic heterocycles. The summed E-state index contributed by atoms with van der Waals surface area (Å²) in [4.78, 5) is 24.0. The van der Waals surface area contributed by atoms with Gasteiger partial charge < -0.3 is 10.1 Å². The molecular weight excluding hydrogens is 337 g/mol. The molecule has 0 unspecified atom stereocenters. The van der Waals surface area contributed by atoms with Crippen LogP contribution < -0.4 is 5.32 Å². The van der Waals surface area contributed by atoms with Gasteiger partial charge in [0.1, 0.15) is 0 Å². The predicted molar refractivity (Wildman–Crippen MR) is 91.6 cm³/mol. The van der Waals surface area contributed by atoms with Gasteiger partial charge in [-0.15, -0.1) is 0 Å². The molecule has 120 valence electrons. The Labute approximate surface area is 144 Å². The van der Waals surface area contributed by atoms with Gasteiger partial charge in [0.25, 0.3) is 5.91 Å². The van der Waals surface area contributed by atoms with E-state index < -0.39 is 5.97 Å². The molecular formula is C17H15Cl2NO3. The van der Waals surface area contributed by atoms with E-state index in [1.807, 2.05) is 0 Å². The predicted octanol–water partition coefficient (Wildman–Crippen LogP) is 4.73. The number of hydrogen-bond donors (Lipinski definition) is 1. The van der Waals surface area contributed by atoms with Crippen molar-refractivity contribution in [3.63, 3.8) is 0 Å². The lowest BCUT2D eigenvalue weighted by atomic mass is 10.1. The molecule has 0 radical (unpaired) electrons. The summed E-state index contributed by atoms with van der Waals surface area (Å²) in [5.41, 5.74) is 2.10. The van der Waals surface area contributed by atoms with Gasteiger partial charge in [-0.3, -0.25) is 4.79 Å². The number of aryl methyl sites for hydroxylation is 1. The van der Waals surface area contributed by atoms with Crippen molar-refractivity contribution in [2.75, 3.05) is 11.9 Å². The van der Waals surface area contributed by atoms with Crippen molar-refractivity contribution in [3.05, 3.63) is 63.1 Å². The van der Waals surface area contributed by atoms with Gasteiger partial charge in [-0.2, -0.15) is 0 Å². The van der Waals surface area contributed by atoms with E-state index in [4.69, 9.17) is 27.9 Å². The van der Waals surface area contributed by atoms with Crippen molar-refractivity contribution in [1.82, 2.24) is 0 Å². The second kappa shape index (κ2) is 7.49. The maximum atomic E-state index is 12.3. The average molecular weight is 352 g/mol. The van der Waals surface area contributed by atoms with E-state index in [1.54, 1.807) is 44.2 Å². The van der Waals surface area contributed by atoms with Gasteiger partial charge in [0.05, 0.1) is 22.8 Å². The molecule has 2 aromatic carbocycles. The number of esters is 1. The standard InChI is InChI=1S/C17H15Cl2NO3/c1-3-23-17(22)11-4-7-15(10(2)8-11)20-16(21)13-6-5-12(18)9-14(13)19/h4-9H,3H2,1-2H3,(H,20,21).